The molecule has 0 saturated heterocycles. The zero-order valence-electron chi connectivity index (χ0n) is 13.2. The van der Waals surface area contributed by atoms with Gasteiger partial charge in [0.15, 0.2) is 0 Å². The summed E-state index contributed by atoms with van der Waals surface area (Å²) in [6.07, 6.45) is 0. The molecule has 3 N–H and O–H groups in total. The van der Waals surface area contributed by atoms with Crippen molar-refractivity contribution in [2.75, 3.05) is 12.8 Å². The molecule has 0 aliphatic carbocycles. The molecule has 0 saturated carbocycles. The Hall–Kier alpha value is -2.83. The van der Waals surface area contributed by atoms with Crippen molar-refractivity contribution in [3.8, 4) is 11.3 Å². The van der Waals surface area contributed by atoms with Crippen LogP contribution in [0.1, 0.15) is 24.4 Å². The maximum atomic E-state index is 12.2. The van der Waals surface area contributed by atoms with Gasteiger partial charge >= 0.3 is 5.97 Å². The number of ether oxygens (including phenoxy) is 1. The van der Waals surface area contributed by atoms with Crippen LogP contribution in [0.25, 0.3) is 11.3 Å². The van der Waals surface area contributed by atoms with E-state index < -0.39 is 17.9 Å². The molecule has 7 heteroatoms. The Morgan fingerprint density at radius 2 is 1.91 bits per heavy atom. The Morgan fingerprint density at radius 1 is 1.26 bits per heavy atom. The summed E-state index contributed by atoms with van der Waals surface area (Å²) in [7, 11) is 1.28. The summed E-state index contributed by atoms with van der Waals surface area (Å²) in [5, 5.41) is 6.45. The third-order valence-corrected chi connectivity index (χ3v) is 3.35. The first-order valence-electron chi connectivity index (χ1n) is 7.13. The highest BCUT2D eigenvalue weighted by molar-refractivity contribution is 5.95. The van der Waals surface area contributed by atoms with Crippen molar-refractivity contribution in [3.63, 3.8) is 0 Å². The summed E-state index contributed by atoms with van der Waals surface area (Å²) >= 11 is 0. The Morgan fingerprint density at radius 3 is 2.48 bits per heavy atom. The summed E-state index contributed by atoms with van der Waals surface area (Å²) in [5.41, 5.74) is 7.55. The summed E-state index contributed by atoms with van der Waals surface area (Å²) in [6.45, 7) is 3.62. The minimum Gasteiger partial charge on any atom is -0.467 e. The summed E-state index contributed by atoms with van der Waals surface area (Å²) in [5.74, 6) is -1.13. The molecule has 122 valence electrons. The predicted molar refractivity (Wildman–Crippen MR) is 84.5 cm³/mol. The average Bonchev–Trinajstić information content (AvgIpc) is 3.02. The van der Waals surface area contributed by atoms with Crippen LogP contribution in [0.4, 0.5) is 5.69 Å². The minimum absolute atomic E-state index is 0.0198. The van der Waals surface area contributed by atoms with Gasteiger partial charge in [-0.3, -0.25) is 4.79 Å². The van der Waals surface area contributed by atoms with E-state index in [0.29, 0.717) is 11.4 Å². The fraction of sp³-hybridized carbons (Fsp3) is 0.312. The number of carbonyl (C=O) groups is 2. The van der Waals surface area contributed by atoms with Crippen LogP contribution in [-0.2, 0) is 9.53 Å². The molecule has 1 heterocycles. The molecule has 2 rings (SSSR count). The molecule has 2 aromatic rings. The van der Waals surface area contributed by atoms with Gasteiger partial charge in [-0.25, -0.2) is 4.79 Å². The van der Waals surface area contributed by atoms with E-state index in [2.05, 4.69) is 15.2 Å². The number of aromatic nitrogens is 1. The number of hydrogen-bond donors (Lipinski definition) is 2. The Balaban J connectivity index is 2.14. The van der Waals surface area contributed by atoms with Crippen LogP contribution >= 0.6 is 0 Å². The average molecular weight is 317 g/mol. The van der Waals surface area contributed by atoms with Crippen LogP contribution in [0, 0.1) is 5.92 Å². The second kappa shape index (κ2) is 6.95. The first-order chi connectivity index (χ1) is 10.9. The Labute approximate surface area is 133 Å². The lowest BCUT2D eigenvalue weighted by Gasteiger charge is -2.18. The maximum Gasteiger partial charge on any atom is 0.328 e. The van der Waals surface area contributed by atoms with Crippen LogP contribution in [0.5, 0.6) is 0 Å². The zero-order valence-corrected chi connectivity index (χ0v) is 13.2. The quantitative estimate of drug-likeness (QED) is 0.643. The SMILES string of the molecule is COC(=O)[C@@H](NC(=O)c1cc(-c2ccc(N)cc2)no1)C(C)C. The van der Waals surface area contributed by atoms with Crippen LogP contribution < -0.4 is 11.1 Å². The lowest BCUT2D eigenvalue weighted by molar-refractivity contribution is -0.144. The van der Waals surface area contributed by atoms with Gasteiger partial charge in [-0.2, -0.15) is 0 Å². The zero-order chi connectivity index (χ0) is 17.0. The minimum atomic E-state index is -0.752. The molecule has 1 amide bonds. The second-order valence-corrected chi connectivity index (χ2v) is 5.42. The van der Waals surface area contributed by atoms with E-state index in [-0.39, 0.29) is 11.7 Å². The number of nitrogens with two attached hydrogens (primary N) is 1. The fourth-order valence-corrected chi connectivity index (χ4v) is 2.01. The van der Waals surface area contributed by atoms with E-state index in [9.17, 15) is 9.59 Å². The third kappa shape index (κ3) is 3.88. The maximum absolute atomic E-state index is 12.2. The van der Waals surface area contributed by atoms with Gasteiger partial charge in [-0.1, -0.05) is 31.1 Å². The standard InChI is InChI=1S/C16H19N3O4/c1-9(2)14(16(21)22-3)18-15(20)13-8-12(19-23-13)10-4-6-11(17)7-5-10/h4-9,14H,17H2,1-3H3,(H,18,20)/t14-/m0/s1. The van der Waals surface area contributed by atoms with Gasteiger partial charge in [-0.15, -0.1) is 0 Å². The number of methoxy groups -OCH3 is 1. The van der Waals surface area contributed by atoms with Crippen molar-refractivity contribution in [1.29, 1.82) is 0 Å². The Kier molecular flexibility index (Phi) is 5.00. The van der Waals surface area contributed by atoms with Crippen LogP contribution in [0.2, 0.25) is 0 Å². The van der Waals surface area contributed by atoms with Crippen molar-refractivity contribution in [2.24, 2.45) is 5.92 Å². The Bertz CT molecular complexity index is 692. The van der Waals surface area contributed by atoms with Gasteiger partial charge < -0.3 is 20.3 Å². The molecule has 1 aromatic carbocycles. The van der Waals surface area contributed by atoms with E-state index in [1.165, 1.54) is 13.2 Å². The van der Waals surface area contributed by atoms with Gasteiger partial charge in [0.1, 0.15) is 11.7 Å². The highest BCUT2D eigenvalue weighted by atomic mass is 16.5. The third-order valence-electron chi connectivity index (χ3n) is 3.35. The number of amides is 1. The number of nitrogens with zero attached hydrogens (tertiary/aromatic N) is 1. The molecule has 0 spiro atoms. The molecule has 0 aliphatic heterocycles. The highest BCUT2D eigenvalue weighted by Crippen LogP contribution is 2.20. The van der Waals surface area contributed by atoms with Crippen LogP contribution in [-0.4, -0.2) is 30.2 Å². The molecule has 0 radical (unpaired) electrons. The summed E-state index contributed by atoms with van der Waals surface area (Å²) in [4.78, 5) is 23.9. The second-order valence-electron chi connectivity index (χ2n) is 5.42. The number of esters is 1. The number of benzene rings is 1. The van der Waals surface area contributed by atoms with Gasteiger partial charge in [0.25, 0.3) is 5.91 Å². The van der Waals surface area contributed by atoms with Gasteiger partial charge in [0.2, 0.25) is 5.76 Å². The molecule has 23 heavy (non-hydrogen) atoms. The van der Waals surface area contributed by atoms with E-state index in [1.54, 1.807) is 24.3 Å². The van der Waals surface area contributed by atoms with Crippen LogP contribution in [0.15, 0.2) is 34.9 Å². The molecule has 1 atom stereocenters. The normalized spacial score (nSPS) is 12.0. The van der Waals surface area contributed by atoms with Crippen molar-refractivity contribution in [3.05, 3.63) is 36.1 Å². The fourth-order valence-electron chi connectivity index (χ4n) is 2.01. The number of nitrogens with one attached hydrogen (secondary N) is 1. The number of hydrogen-bond acceptors (Lipinski definition) is 6. The lowest BCUT2D eigenvalue weighted by Crippen LogP contribution is -2.44. The number of rotatable bonds is 5. The van der Waals surface area contributed by atoms with E-state index in [1.807, 2.05) is 13.8 Å². The van der Waals surface area contributed by atoms with Crippen molar-refractivity contribution < 1.29 is 18.8 Å². The van der Waals surface area contributed by atoms with E-state index in [0.717, 1.165) is 5.56 Å². The molecule has 0 fully saturated rings. The van der Waals surface area contributed by atoms with Crippen molar-refractivity contribution in [2.45, 2.75) is 19.9 Å². The number of carbonyl (C=O) groups excluding carboxylic acids is 2. The molecular formula is C16H19N3O4. The lowest BCUT2D eigenvalue weighted by atomic mass is 10.0. The molecule has 0 unspecified atom stereocenters. The van der Waals surface area contributed by atoms with E-state index in [4.69, 9.17) is 10.3 Å². The molecule has 1 aromatic heterocycles. The number of nitrogen functional groups attached to an aromatic ring is 1. The number of anilines is 1. The molecule has 0 bridgehead atoms. The van der Waals surface area contributed by atoms with Gasteiger partial charge in [-0.05, 0) is 18.1 Å². The van der Waals surface area contributed by atoms with Crippen molar-refractivity contribution in [1.82, 2.24) is 10.5 Å². The molecule has 7 nitrogen and oxygen atoms in total. The molecule has 0 aliphatic rings. The summed E-state index contributed by atoms with van der Waals surface area (Å²) < 4.78 is 9.74. The molecular weight excluding hydrogens is 298 g/mol. The predicted octanol–water partition coefficient (Wildman–Crippen LogP) is 1.85. The van der Waals surface area contributed by atoms with E-state index >= 15 is 0 Å². The topological polar surface area (TPSA) is 107 Å². The first-order valence-corrected chi connectivity index (χ1v) is 7.13. The van der Waals surface area contributed by atoms with Gasteiger partial charge in [0.05, 0.1) is 7.11 Å². The highest BCUT2D eigenvalue weighted by Gasteiger charge is 2.27. The monoisotopic (exact) mass is 317 g/mol. The van der Waals surface area contributed by atoms with Crippen molar-refractivity contribution >= 4 is 17.6 Å². The smallest absolute Gasteiger partial charge is 0.328 e. The van der Waals surface area contributed by atoms with Gasteiger partial charge in [0, 0.05) is 17.3 Å². The largest absolute Gasteiger partial charge is 0.467 e. The first kappa shape index (κ1) is 16.5. The van der Waals surface area contributed by atoms with Crippen LogP contribution in [0.3, 0.4) is 0 Å². The summed E-state index contributed by atoms with van der Waals surface area (Å²) in [6, 6.07) is 7.78.